The van der Waals surface area contributed by atoms with Gasteiger partial charge < -0.3 is 16.2 Å². The Morgan fingerprint density at radius 3 is 2.47 bits per heavy atom. The summed E-state index contributed by atoms with van der Waals surface area (Å²) in [5.74, 6) is -1.22. The summed E-state index contributed by atoms with van der Waals surface area (Å²) >= 11 is 0. The Labute approximate surface area is 114 Å². The fraction of sp³-hybridized carbons (Fsp3) is 0.857. The minimum absolute atomic E-state index is 0.0261. The molecule has 0 heterocycles. The van der Waals surface area contributed by atoms with Crippen molar-refractivity contribution in [3.8, 4) is 0 Å². The number of hydrogen-bond acceptors (Lipinski definition) is 3. The lowest BCUT2D eigenvalue weighted by atomic mass is 9.79. The number of aliphatic carboxylic acids is 1. The van der Waals surface area contributed by atoms with Gasteiger partial charge in [-0.25, -0.2) is 0 Å². The van der Waals surface area contributed by atoms with Crippen LogP contribution in [-0.2, 0) is 9.59 Å². The Hall–Kier alpha value is -1.10. The molecule has 0 aromatic rings. The molecular weight excluding hydrogens is 244 g/mol. The van der Waals surface area contributed by atoms with Crippen LogP contribution >= 0.6 is 0 Å². The van der Waals surface area contributed by atoms with Crippen molar-refractivity contribution in [2.45, 2.75) is 52.0 Å². The van der Waals surface area contributed by atoms with Gasteiger partial charge in [0, 0.05) is 6.54 Å². The first-order chi connectivity index (χ1) is 8.76. The van der Waals surface area contributed by atoms with Crippen LogP contribution in [0.2, 0.25) is 0 Å². The number of carbonyl (C=O) groups is 2. The highest BCUT2D eigenvalue weighted by Crippen LogP contribution is 2.29. The first kappa shape index (κ1) is 16.0. The van der Waals surface area contributed by atoms with Gasteiger partial charge in [0.1, 0.15) is 0 Å². The van der Waals surface area contributed by atoms with E-state index >= 15 is 0 Å². The van der Waals surface area contributed by atoms with Crippen molar-refractivity contribution < 1.29 is 14.7 Å². The fourth-order valence-electron chi connectivity index (χ4n) is 2.45. The molecule has 5 nitrogen and oxygen atoms in total. The molecule has 1 amide bonds. The summed E-state index contributed by atoms with van der Waals surface area (Å²) in [5, 5.41) is 12.0. The molecule has 0 aromatic carbocycles. The Kier molecular flexibility index (Phi) is 5.35. The van der Waals surface area contributed by atoms with Crippen LogP contribution in [0.4, 0.5) is 0 Å². The van der Waals surface area contributed by atoms with Crippen LogP contribution < -0.4 is 11.1 Å². The van der Waals surface area contributed by atoms with Crippen molar-refractivity contribution >= 4 is 11.9 Å². The van der Waals surface area contributed by atoms with Gasteiger partial charge in [0.05, 0.1) is 11.5 Å². The molecule has 0 aliphatic heterocycles. The normalized spacial score (nSPS) is 26.8. The van der Waals surface area contributed by atoms with Crippen LogP contribution in [0.25, 0.3) is 0 Å². The van der Waals surface area contributed by atoms with Gasteiger partial charge in [-0.15, -0.1) is 0 Å². The van der Waals surface area contributed by atoms with Gasteiger partial charge in [-0.05, 0) is 31.6 Å². The van der Waals surface area contributed by atoms with E-state index in [-0.39, 0.29) is 23.7 Å². The second kappa shape index (κ2) is 6.37. The van der Waals surface area contributed by atoms with Crippen LogP contribution in [0.5, 0.6) is 0 Å². The number of rotatable bonds is 5. The Balaban J connectivity index is 2.55. The zero-order chi connectivity index (χ0) is 14.6. The van der Waals surface area contributed by atoms with Gasteiger partial charge in [-0.3, -0.25) is 9.59 Å². The molecule has 0 aromatic heterocycles. The molecule has 0 saturated heterocycles. The van der Waals surface area contributed by atoms with Gasteiger partial charge in [0.15, 0.2) is 0 Å². The van der Waals surface area contributed by atoms with Crippen molar-refractivity contribution in [1.29, 1.82) is 0 Å². The molecule has 1 rings (SSSR count). The van der Waals surface area contributed by atoms with Crippen molar-refractivity contribution in [3.63, 3.8) is 0 Å². The minimum Gasteiger partial charge on any atom is -0.481 e. The summed E-state index contributed by atoms with van der Waals surface area (Å²) < 4.78 is 0. The molecule has 0 radical (unpaired) electrons. The maximum absolute atomic E-state index is 12.0. The molecule has 0 spiro atoms. The minimum atomic E-state index is -0.909. The molecule has 19 heavy (non-hydrogen) atoms. The largest absolute Gasteiger partial charge is 0.481 e. The van der Waals surface area contributed by atoms with Gasteiger partial charge in [-0.1, -0.05) is 26.7 Å². The van der Waals surface area contributed by atoms with Gasteiger partial charge in [-0.2, -0.15) is 0 Å². The maximum atomic E-state index is 12.0. The molecule has 3 unspecified atom stereocenters. The summed E-state index contributed by atoms with van der Waals surface area (Å²) in [4.78, 5) is 23.2. The highest BCUT2D eigenvalue weighted by Gasteiger charge is 2.34. The molecule has 1 aliphatic rings. The van der Waals surface area contributed by atoms with Crippen LogP contribution in [0.1, 0.15) is 46.5 Å². The zero-order valence-corrected chi connectivity index (χ0v) is 12.1. The number of carbonyl (C=O) groups excluding carboxylic acids is 1. The van der Waals surface area contributed by atoms with Gasteiger partial charge >= 0.3 is 5.97 Å². The number of amides is 1. The predicted molar refractivity (Wildman–Crippen MR) is 73.5 cm³/mol. The zero-order valence-electron chi connectivity index (χ0n) is 12.1. The van der Waals surface area contributed by atoms with Crippen LogP contribution in [-0.4, -0.2) is 29.1 Å². The van der Waals surface area contributed by atoms with Crippen LogP contribution in [0.3, 0.4) is 0 Å². The Bertz CT molecular complexity index is 340. The van der Waals surface area contributed by atoms with Crippen LogP contribution in [0.15, 0.2) is 0 Å². The summed E-state index contributed by atoms with van der Waals surface area (Å²) in [7, 11) is 0. The second-order valence-electron chi connectivity index (χ2n) is 6.14. The van der Waals surface area contributed by atoms with E-state index in [1.807, 2.05) is 13.8 Å². The molecule has 1 fully saturated rings. The Morgan fingerprint density at radius 1 is 1.37 bits per heavy atom. The third-order valence-electron chi connectivity index (χ3n) is 4.44. The number of carboxylic acid groups (broad SMARTS) is 1. The third-order valence-corrected chi connectivity index (χ3v) is 4.44. The Morgan fingerprint density at radius 2 is 1.95 bits per heavy atom. The number of nitrogens with two attached hydrogens (primary N) is 1. The number of hydrogen-bond donors (Lipinski definition) is 3. The highest BCUT2D eigenvalue weighted by molar-refractivity contribution is 5.85. The van der Waals surface area contributed by atoms with Crippen molar-refractivity contribution in [3.05, 3.63) is 0 Å². The van der Waals surface area contributed by atoms with Crippen molar-refractivity contribution in [2.75, 3.05) is 6.54 Å². The standard InChI is InChI=1S/C14H26N2O3/c1-9(2)14(3,15)13(19)16-8-10-6-4-5-7-11(10)12(17)18/h9-11H,4-8,15H2,1-3H3,(H,16,19)(H,17,18). The lowest BCUT2D eigenvalue weighted by molar-refractivity contribution is -0.145. The van der Waals surface area contributed by atoms with Gasteiger partial charge in [0.2, 0.25) is 5.91 Å². The third kappa shape index (κ3) is 3.93. The van der Waals surface area contributed by atoms with Crippen molar-refractivity contribution in [2.24, 2.45) is 23.5 Å². The maximum Gasteiger partial charge on any atom is 0.306 e. The quantitative estimate of drug-likeness (QED) is 0.703. The molecule has 1 saturated carbocycles. The topological polar surface area (TPSA) is 92.4 Å². The molecule has 1 aliphatic carbocycles. The molecular formula is C14H26N2O3. The smallest absolute Gasteiger partial charge is 0.306 e. The summed E-state index contributed by atoms with van der Waals surface area (Å²) in [6.07, 6.45) is 3.57. The van der Waals surface area contributed by atoms with E-state index in [9.17, 15) is 14.7 Å². The summed E-state index contributed by atoms with van der Waals surface area (Å²) in [6.45, 7) is 5.93. The van der Waals surface area contributed by atoms with Crippen LogP contribution in [0, 0.1) is 17.8 Å². The monoisotopic (exact) mass is 270 g/mol. The van der Waals surface area contributed by atoms with E-state index in [0.717, 1.165) is 19.3 Å². The molecule has 4 N–H and O–H groups in total. The van der Waals surface area contributed by atoms with Gasteiger partial charge in [0.25, 0.3) is 0 Å². The average Bonchev–Trinajstić information content (AvgIpc) is 2.35. The molecule has 5 heteroatoms. The fourth-order valence-corrected chi connectivity index (χ4v) is 2.45. The van der Waals surface area contributed by atoms with E-state index in [4.69, 9.17) is 5.73 Å². The summed E-state index contributed by atoms with van der Waals surface area (Å²) in [5.41, 5.74) is 5.08. The van der Waals surface area contributed by atoms with E-state index in [1.54, 1.807) is 6.92 Å². The molecule has 0 bridgehead atoms. The molecule has 3 atom stereocenters. The number of carboxylic acids is 1. The first-order valence-electron chi connectivity index (χ1n) is 7.06. The number of nitrogens with one attached hydrogen (secondary N) is 1. The lowest BCUT2D eigenvalue weighted by Gasteiger charge is -2.32. The lowest BCUT2D eigenvalue weighted by Crippen LogP contribution is -2.56. The predicted octanol–water partition coefficient (Wildman–Crippen LogP) is 1.37. The van der Waals surface area contributed by atoms with E-state index < -0.39 is 11.5 Å². The molecule has 110 valence electrons. The van der Waals surface area contributed by atoms with E-state index in [0.29, 0.717) is 13.0 Å². The second-order valence-corrected chi connectivity index (χ2v) is 6.14. The average molecular weight is 270 g/mol. The SMILES string of the molecule is CC(C)C(C)(N)C(=O)NCC1CCCCC1C(=O)O. The van der Waals surface area contributed by atoms with Crippen molar-refractivity contribution in [1.82, 2.24) is 5.32 Å². The highest BCUT2D eigenvalue weighted by atomic mass is 16.4. The van der Waals surface area contributed by atoms with E-state index in [2.05, 4.69) is 5.32 Å². The van der Waals surface area contributed by atoms with E-state index in [1.165, 1.54) is 0 Å². The first-order valence-corrected chi connectivity index (χ1v) is 7.06. The summed E-state index contributed by atoms with van der Waals surface area (Å²) in [6, 6.07) is 0.